The molecule has 11 nitrogen and oxygen atoms in total. The Kier molecular flexibility index (Phi) is 30.2. The number of para-hydroxylation sites is 3. The van der Waals surface area contributed by atoms with E-state index in [0.29, 0.717) is 31.0 Å². The maximum Gasteiger partial charge on any atom is 0.190 e. The normalized spacial score (nSPS) is 15.2. The number of anilines is 4. The molecular formula is C115H140N6O5. The second kappa shape index (κ2) is 39.5. The lowest BCUT2D eigenvalue weighted by Gasteiger charge is -2.26. The Morgan fingerprint density at radius 2 is 0.754 bits per heavy atom. The first-order chi connectivity index (χ1) is 58.9. The number of hydrogen-bond acceptors (Lipinski definition) is 11. The van der Waals surface area contributed by atoms with Crippen LogP contribution in [-0.2, 0) is 75.4 Å². The van der Waals surface area contributed by atoms with Crippen molar-refractivity contribution >= 4 is 76.1 Å². The lowest BCUT2D eigenvalue weighted by molar-refractivity contribution is 0.0986. The first-order valence-electron chi connectivity index (χ1n) is 44.8. The van der Waals surface area contributed by atoms with Gasteiger partial charge in [0.15, 0.2) is 40.6 Å². The molecule has 3 aliphatic carbocycles. The van der Waals surface area contributed by atoms with Crippen molar-refractivity contribution in [3.05, 3.63) is 344 Å². The number of aryl methyl sites for hydroxylation is 2. The van der Waals surface area contributed by atoms with Crippen molar-refractivity contribution in [3.8, 4) is 11.5 Å². The molecule has 0 spiro atoms. The van der Waals surface area contributed by atoms with Gasteiger partial charge in [0, 0.05) is 89.6 Å². The summed E-state index contributed by atoms with van der Waals surface area (Å²) in [5, 5.41) is 12.9. The third-order valence-electron chi connectivity index (χ3n) is 23.3. The van der Waals surface area contributed by atoms with E-state index < -0.39 is 0 Å². The van der Waals surface area contributed by atoms with Crippen molar-refractivity contribution < 1.29 is 23.9 Å². The van der Waals surface area contributed by atoms with E-state index in [1.165, 1.54) is 92.7 Å². The minimum Gasteiger partial charge on any atom is -0.440 e. The number of nitrogens with one attached hydrogen (secondary N) is 4. The zero-order chi connectivity index (χ0) is 92.4. The van der Waals surface area contributed by atoms with Gasteiger partial charge in [-0.3, -0.25) is 24.4 Å². The summed E-state index contributed by atoms with van der Waals surface area (Å²) in [5.74, 6) is 3.62. The summed E-state index contributed by atoms with van der Waals surface area (Å²) in [6.45, 7) is 72.1. The smallest absolute Gasteiger partial charge is 0.190 e. The molecule has 126 heavy (non-hydrogen) atoms. The molecule has 0 amide bonds. The third kappa shape index (κ3) is 24.7. The Labute approximate surface area is 755 Å². The fourth-order valence-electron chi connectivity index (χ4n) is 17.0. The fourth-order valence-corrected chi connectivity index (χ4v) is 17.0. The van der Waals surface area contributed by atoms with Gasteiger partial charge in [-0.2, -0.15) is 0 Å². The van der Waals surface area contributed by atoms with Gasteiger partial charge < -0.3 is 30.7 Å². The first kappa shape index (κ1) is 96.5. The van der Waals surface area contributed by atoms with Crippen molar-refractivity contribution in [2.45, 2.75) is 274 Å². The summed E-state index contributed by atoms with van der Waals surface area (Å²) >= 11 is 0. The molecule has 11 heteroatoms. The second-order valence-corrected chi connectivity index (χ2v) is 42.2. The minimum absolute atomic E-state index is 0.00609. The largest absolute Gasteiger partial charge is 0.440 e. The highest BCUT2D eigenvalue weighted by Crippen LogP contribution is 2.46. The molecule has 0 unspecified atom stereocenters. The van der Waals surface area contributed by atoms with Gasteiger partial charge in [-0.25, -0.2) is 0 Å². The first-order valence-corrected chi connectivity index (χ1v) is 44.8. The van der Waals surface area contributed by atoms with Crippen molar-refractivity contribution in [1.29, 1.82) is 0 Å². The van der Waals surface area contributed by atoms with Crippen LogP contribution in [0.2, 0.25) is 0 Å². The van der Waals surface area contributed by atoms with Gasteiger partial charge in [0.05, 0.1) is 22.7 Å². The Morgan fingerprint density at radius 1 is 0.333 bits per heavy atom. The SMILES string of the molecule is C=C1C=Cc2cccc(C(C)(C)C)c2C1.C=C1Cc2c(cccc2C(C)(C)C)N1.C=C1Cc2c(cccc2C(C)(C)C)N1.C=C1Nc2c(cccc2C(C)(C)C)O1.C=C1Nc2cccc(C(C)(C)C)c2O1.CC(C)(C)c1cccc2c1C(=O)CC=C2.CC(C)(C)c1cccc2c1C(=O)CC=N2.CC(C)(C)c1cccc2c1N=CCC2=O.c1ccc2c(c1)CCCC2. The van der Waals surface area contributed by atoms with E-state index in [-0.39, 0.29) is 60.7 Å². The number of hydrogen-bond donors (Lipinski definition) is 4. The molecule has 0 aromatic heterocycles. The van der Waals surface area contributed by atoms with Gasteiger partial charge in [-0.1, -0.05) is 349 Å². The van der Waals surface area contributed by atoms with Crippen molar-refractivity contribution in [2.24, 2.45) is 9.98 Å². The van der Waals surface area contributed by atoms with Crippen LogP contribution in [0.25, 0.3) is 12.2 Å². The zero-order valence-corrected chi connectivity index (χ0v) is 80.2. The molecule has 4 N–H and O–H groups in total. The molecule has 0 atom stereocenters. The highest BCUT2D eigenvalue weighted by molar-refractivity contribution is 6.12. The monoisotopic (exact) mass is 1690 g/mol. The standard InChI is InChI=1S/C15H18.C14H16O.2C13H15NO.2C13H17N.2C12H15NO.C10H12/c1-11-8-9-12-6-5-7-14(13(12)10-11)15(2,3)4;1-14(2,3)11-8-4-6-10-7-5-9-12(15)13(10)11;1-13(2,3)9-5-4-6-10-12(9)11(15)7-8-14-10;1-13(2,3)10-6-4-5-9-11(15)7-8-14-12(9)10;2*1-9-8-10-11(13(2,3)4)6-5-7-12(10)14-9;1-8-13-11-9(12(2,3)4)6-5-7-10(11)14-8;1-8-13-10-7-5-6-9(11(10)14-8)12(2,3)4;1-2-6-10-8-4-3-7-9(10)5-1/h5-9H,1,10H2,2-4H3;4-8H,9H2,1-3H3;2*4-6,8H,7H2,1-3H3;2*5-7,14H,1,8H2,2-4H3;2*5-7,13H,1H2,2-4H3;1-2,5-6H,3-4,7-8H2. The molecule has 6 aliphatic heterocycles. The fraction of sp³-hybridized carbons (Fsp3) is 0.365. The quantitative estimate of drug-likeness (QED) is 0.117. The predicted octanol–water partition coefficient (Wildman–Crippen LogP) is 30.3. The number of ether oxygens (including phenoxy) is 2. The van der Waals surface area contributed by atoms with Gasteiger partial charge >= 0.3 is 0 Å². The Morgan fingerprint density at radius 3 is 1.29 bits per heavy atom. The summed E-state index contributed by atoms with van der Waals surface area (Å²) in [4.78, 5) is 44.1. The molecule has 0 bridgehead atoms. The van der Waals surface area contributed by atoms with E-state index in [4.69, 9.17) is 9.47 Å². The Balaban J connectivity index is 0.000000148. The summed E-state index contributed by atoms with van der Waals surface area (Å²) in [5.41, 5.74) is 33.2. The molecule has 0 saturated heterocycles. The van der Waals surface area contributed by atoms with Crippen LogP contribution in [-0.4, -0.2) is 29.8 Å². The molecular weight excluding hydrogens is 1550 g/mol. The maximum absolute atomic E-state index is 11.9. The van der Waals surface area contributed by atoms with E-state index in [1.807, 2.05) is 78.9 Å². The van der Waals surface area contributed by atoms with Crippen LogP contribution in [0.3, 0.4) is 0 Å². The predicted molar refractivity (Wildman–Crippen MR) is 538 cm³/mol. The Bertz CT molecular complexity index is 5310. The summed E-state index contributed by atoms with van der Waals surface area (Å²) in [6, 6.07) is 58.4. The number of carbonyl (C=O) groups is 3. The molecule has 0 fully saturated rings. The number of aliphatic imine (C=N–C) groups is 2. The van der Waals surface area contributed by atoms with Gasteiger partial charge in [0.1, 0.15) is 0 Å². The van der Waals surface area contributed by atoms with Crippen molar-refractivity contribution in [3.63, 3.8) is 0 Å². The molecule has 9 aliphatic rings. The number of rotatable bonds is 0. The van der Waals surface area contributed by atoms with E-state index in [9.17, 15) is 14.4 Å². The van der Waals surface area contributed by atoms with Crippen LogP contribution in [0.1, 0.15) is 313 Å². The molecule has 18 rings (SSSR count). The number of Topliss-reactive ketones (excluding diaryl/α,β-unsaturated/α-hetero) is 3. The highest BCUT2D eigenvalue weighted by Gasteiger charge is 2.32. The molecule has 0 saturated carbocycles. The zero-order valence-electron chi connectivity index (χ0n) is 80.2. The molecule has 9 aromatic carbocycles. The van der Waals surface area contributed by atoms with E-state index >= 15 is 0 Å². The molecule has 9 aromatic rings. The van der Waals surface area contributed by atoms with Crippen LogP contribution in [0.5, 0.6) is 11.5 Å². The average molecular weight is 1690 g/mol. The van der Waals surface area contributed by atoms with Gasteiger partial charge in [-0.15, -0.1) is 0 Å². The van der Waals surface area contributed by atoms with Crippen LogP contribution >= 0.6 is 0 Å². The number of allylic oxidation sites excluding steroid dienone is 5. The van der Waals surface area contributed by atoms with Crippen molar-refractivity contribution in [2.75, 3.05) is 21.3 Å². The number of carbonyl (C=O) groups excluding carboxylic acids is 3. The summed E-state index contributed by atoms with van der Waals surface area (Å²) < 4.78 is 11.0. The van der Waals surface area contributed by atoms with Gasteiger partial charge in [-0.05, 0) is 203 Å². The molecule has 0 radical (unpaired) electrons. The van der Waals surface area contributed by atoms with E-state index in [1.54, 1.807) is 23.6 Å². The molecule has 660 valence electrons. The number of ketones is 3. The van der Waals surface area contributed by atoms with Gasteiger partial charge in [0.2, 0.25) is 0 Å². The number of fused-ring (bicyclic) bond motifs is 9. The second-order valence-electron chi connectivity index (χ2n) is 42.2. The van der Waals surface area contributed by atoms with E-state index in [2.05, 4.69) is 346 Å². The summed E-state index contributed by atoms with van der Waals surface area (Å²) in [7, 11) is 0. The van der Waals surface area contributed by atoms with Gasteiger partial charge in [0.25, 0.3) is 0 Å². The van der Waals surface area contributed by atoms with Crippen LogP contribution in [0, 0.1) is 0 Å². The maximum atomic E-state index is 11.9. The topological polar surface area (TPSA) is 143 Å². The van der Waals surface area contributed by atoms with Crippen LogP contribution in [0.4, 0.5) is 34.1 Å². The minimum atomic E-state index is -0.00609. The number of benzene rings is 9. The lowest BCUT2D eigenvalue weighted by Crippen LogP contribution is -2.19. The highest BCUT2D eigenvalue weighted by atomic mass is 16.5. The van der Waals surface area contributed by atoms with E-state index in [0.717, 1.165) is 104 Å². The van der Waals surface area contributed by atoms with Crippen LogP contribution < -0.4 is 30.7 Å². The average Bonchev–Trinajstić information content (AvgIpc) is 1.79. The Hall–Kier alpha value is -11.7. The number of nitrogens with zero attached hydrogens (tertiary/aromatic N) is 2. The third-order valence-corrected chi connectivity index (χ3v) is 23.3. The summed E-state index contributed by atoms with van der Waals surface area (Å²) in [6.07, 6.45) is 21.4. The van der Waals surface area contributed by atoms with Crippen molar-refractivity contribution in [1.82, 2.24) is 0 Å². The van der Waals surface area contributed by atoms with Crippen LogP contribution in [0.15, 0.2) is 254 Å². The lowest BCUT2D eigenvalue weighted by atomic mass is 9.79. The molecule has 6 heterocycles.